The zero-order valence-corrected chi connectivity index (χ0v) is 14.5. The Labute approximate surface area is 158 Å². The van der Waals surface area contributed by atoms with Gasteiger partial charge >= 0.3 is 36.0 Å². The Balaban J connectivity index is 3.93. The fourth-order valence-electron chi connectivity index (χ4n) is 2.24. The number of halogens is 14. The van der Waals surface area contributed by atoms with Crippen LogP contribution in [0.4, 0.5) is 61.5 Å². The number of aliphatic hydroxyl groups is 1. The summed E-state index contributed by atoms with van der Waals surface area (Å²) >= 11 is 0. The zero-order chi connectivity index (χ0) is 24.4. The summed E-state index contributed by atoms with van der Waals surface area (Å²) in [6.45, 7) is 1.07. The lowest BCUT2D eigenvalue weighted by atomic mass is 9.85. The summed E-state index contributed by atoms with van der Waals surface area (Å²) in [7, 11) is 0. The Bertz CT molecular complexity index is 782. The van der Waals surface area contributed by atoms with Crippen LogP contribution in [0.1, 0.15) is 30.5 Å². The molecule has 0 aliphatic rings. The summed E-state index contributed by atoms with van der Waals surface area (Å²) in [4.78, 5) is 0. The quantitative estimate of drug-likeness (QED) is 0.486. The first-order chi connectivity index (χ1) is 12.8. The van der Waals surface area contributed by atoms with Gasteiger partial charge < -0.3 is 5.11 Å². The first-order valence-electron chi connectivity index (χ1n) is 7.36. The van der Waals surface area contributed by atoms with E-state index in [9.17, 15) is 66.6 Å². The van der Waals surface area contributed by atoms with Crippen LogP contribution in [0.2, 0.25) is 0 Å². The Hall–Kier alpha value is -1.80. The van der Waals surface area contributed by atoms with Crippen LogP contribution in [0.5, 0.6) is 0 Å². The Morgan fingerprint density at radius 1 is 0.567 bits per heavy atom. The van der Waals surface area contributed by atoms with Crippen molar-refractivity contribution in [2.24, 2.45) is 0 Å². The molecule has 0 aliphatic carbocycles. The Morgan fingerprint density at radius 2 is 0.933 bits per heavy atom. The molecule has 0 amide bonds. The van der Waals surface area contributed by atoms with Gasteiger partial charge in [-0.05, 0) is 25.5 Å². The molecule has 0 saturated heterocycles. The molecule has 0 spiro atoms. The second-order valence-corrected chi connectivity index (χ2v) is 6.61. The minimum Gasteiger partial charge on any atom is -0.386 e. The summed E-state index contributed by atoms with van der Waals surface area (Å²) in [5.41, 5.74) is -9.62. The molecule has 0 heterocycles. The Kier molecular flexibility index (Phi) is 5.99. The van der Waals surface area contributed by atoms with Gasteiger partial charge in [0.15, 0.2) is 0 Å². The van der Waals surface area contributed by atoms with Crippen LogP contribution in [0, 0.1) is 0 Å². The molecule has 0 bridgehead atoms. The van der Waals surface area contributed by atoms with E-state index in [-0.39, 0.29) is 12.1 Å². The van der Waals surface area contributed by atoms with Crippen LogP contribution in [-0.2, 0) is 17.4 Å². The van der Waals surface area contributed by atoms with Crippen LogP contribution < -0.4 is 0 Å². The van der Waals surface area contributed by atoms with Gasteiger partial charge in [-0.2, -0.15) is 61.5 Å². The predicted molar refractivity (Wildman–Crippen MR) is 71.5 cm³/mol. The lowest BCUT2D eigenvalue weighted by molar-refractivity contribution is -0.361. The maximum Gasteiger partial charge on any atom is 0.460 e. The van der Waals surface area contributed by atoms with Gasteiger partial charge in [-0.3, -0.25) is 0 Å². The van der Waals surface area contributed by atoms with Gasteiger partial charge in [0.05, 0.1) is 5.60 Å². The van der Waals surface area contributed by atoms with Gasteiger partial charge in [-0.1, -0.05) is 12.1 Å². The number of alkyl halides is 14. The van der Waals surface area contributed by atoms with Crippen molar-refractivity contribution in [3.8, 4) is 0 Å². The van der Waals surface area contributed by atoms with Gasteiger partial charge in [0.2, 0.25) is 0 Å². The lowest BCUT2D eigenvalue weighted by Crippen LogP contribution is -2.52. The predicted octanol–water partition coefficient (Wildman–Crippen LogP) is 6.49. The normalized spacial score (nSPS) is 15.5. The summed E-state index contributed by atoms with van der Waals surface area (Å²) in [6, 6.07) is -1.56. The standard InChI is InChI=1S/C15H10F14O/c1-9(2,30)7-4-3-6(10(16,17)12(20,21)14(24,25)26)5-8(7)11(18,19)13(22,23)15(27,28)29/h3-5,30H,1-2H3. The van der Waals surface area contributed by atoms with E-state index in [0.29, 0.717) is 13.8 Å². The molecule has 1 nitrogen and oxygen atoms in total. The summed E-state index contributed by atoms with van der Waals surface area (Å²) in [5.74, 6) is -26.7. The van der Waals surface area contributed by atoms with Crippen molar-refractivity contribution in [1.29, 1.82) is 0 Å². The van der Waals surface area contributed by atoms with Crippen molar-refractivity contribution in [3.63, 3.8) is 0 Å². The van der Waals surface area contributed by atoms with Crippen LogP contribution >= 0.6 is 0 Å². The van der Waals surface area contributed by atoms with Crippen LogP contribution in [-0.4, -0.2) is 29.3 Å². The minimum atomic E-state index is -6.98. The van der Waals surface area contributed by atoms with Crippen LogP contribution in [0.15, 0.2) is 18.2 Å². The molecule has 1 aromatic rings. The third kappa shape index (κ3) is 3.91. The molecule has 0 aliphatic heterocycles. The highest BCUT2D eigenvalue weighted by Gasteiger charge is 2.76. The lowest BCUT2D eigenvalue weighted by Gasteiger charge is -2.34. The summed E-state index contributed by atoms with van der Waals surface area (Å²) < 4.78 is 183. The maximum atomic E-state index is 14.1. The second kappa shape index (κ2) is 6.85. The molecule has 30 heavy (non-hydrogen) atoms. The molecule has 0 aromatic heterocycles. The highest BCUT2D eigenvalue weighted by atomic mass is 19.4. The molecule has 0 radical (unpaired) electrons. The zero-order valence-electron chi connectivity index (χ0n) is 14.5. The van der Waals surface area contributed by atoms with Gasteiger partial charge in [-0.25, -0.2) is 0 Å². The van der Waals surface area contributed by atoms with E-state index in [4.69, 9.17) is 0 Å². The van der Waals surface area contributed by atoms with E-state index < -0.39 is 64.4 Å². The van der Waals surface area contributed by atoms with Gasteiger partial charge in [-0.15, -0.1) is 0 Å². The molecule has 1 aromatic carbocycles. The highest BCUT2D eigenvalue weighted by Crippen LogP contribution is 2.56. The van der Waals surface area contributed by atoms with Crippen molar-refractivity contribution in [2.45, 2.75) is 55.5 Å². The second-order valence-electron chi connectivity index (χ2n) is 6.61. The minimum absolute atomic E-state index is 0.175. The highest BCUT2D eigenvalue weighted by molar-refractivity contribution is 5.42. The molecule has 0 unspecified atom stereocenters. The Morgan fingerprint density at radius 3 is 1.27 bits per heavy atom. The maximum absolute atomic E-state index is 14.1. The van der Waals surface area contributed by atoms with Crippen molar-refractivity contribution < 1.29 is 66.6 Å². The number of hydrogen-bond acceptors (Lipinski definition) is 1. The third-order valence-corrected chi connectivity index (χ3v) is 3.88. The molecule has 174 valence electrons. The van der Waals surface area contributed by atoms with Crippen molar-refractivity contribution in [3.05, 3.63) is 34.9 Å². The van der Waals surface area contributed by atoms with E-state index in [1.807, 2.05) is 0 Å². The summed E-state index contributed by atoms with van der Waals surface area (Å²) in [5, 5.41) is 9.71. The molecular formula is C15H10F14O. The van der Waals surface area contributed by atoms with Crippen molar-refractivity contribution in [1.82, 2.24) is 0 Å². The largest absolute Gasteiger partial charge is 0.460 e. The van der Waals surface area contributed by atoms with E-state index >= 15 is 0 Å². The number of hydrogen-bond donors (Lipinski definition) is 1. The SMILES string of the molecule is CC(C)(O)c1ccc(C(F)(F)C(F)(F)C(F)(F)F)cc1C(F)(F)C(F)(F)C(F)(F)F. The van der Waals surface area contributed by atoms with E-state index in [0.717, 1.165) is 0 Å². The molecule has 1 N–H and O–H groups in total. The van der Waals surface area contributed by atoms with Gasteiger partial charge in [0, 0.05) is 11.1 Å². The average molecular weight is 472 g/mol. The van der Waals surface area contributed by atoms with E-state index in [2.05, 4.69) is 0 Å². The molecule has 15 heteroatoms. The molecule has 0 fully saturated rings. The van der Waals surface area contributed by atoms with Gasteiger partial charge in [0.1, 0.15) is 0 Å². The third-order valence-electron chi connectivity index (χ3n) is 3.88. The van der Waals surface area contributed by atoms with Crippen molar-refractivity contribution >= 4 is 0 Å². The first-order valence-corrected chi connectivity index (χ1v) is 7.36. The average Bonchev–Trinajstić information content (AvgIpc) is 2.50. The molecule has 0 atom stereocenters. The molecule has 0 saturated carbocycles. The number of rotatable bonds is 5. The monoisotopic (exact) mass is 472 g/mol. The van der Waals surface area contributed by atoms with Crippen LogP contribution in [0.3, 0.4) is 0 Å². The fourth-order valence-corrected chi connectivity index (χ4v) is 2.24. The summed E-state index contributed by atoms with van der Waals surface area (Å²) in [6.07, 6.45) is -13.9. The fraction of sp³-hybridized carbons (Fsp3) is 0.600. The topological polar surface area (TPSA) is 20.2 Å². The van der Waals surface area contributed by atoms with Crippen molar-refractivity contribution in [2.75, 3.05) is 0 Å². The van der Waals surface area contributed by atoms with Crippen LogP contribution in [0.25, 0.3) is 0 Å². The van der Waals surface area contributed by atoms with E-state index in [1.54, 1.807) is 0 Å². The van der Waals surface area contributed by atoms with Gasteiger partial charge in [0.25, 0.3) is 0 Å². The first kappa shape index (κ1) is 26.2. The molecule has 1 rings (SSSR count). The smallest absolute Gasteiger partial charge is 0.386 e. The van der Waals surface area contributed by atoms with E-state index in [1.165, 1.54) is 0 Å². The molecular weight excluding hydrogens is 462 g/mol. The number of benzene rings is 1.